The van der Waals surface area contributed by atoms with E-state index in [0.29, 0.717) is 23.6 Å². The topological polar surface area (TPSA) is 55.4 Å². The maximum absolute atomic E-state index is 12.1. The van der Waals surface area contributed by atoms with Crippen molar-refractivity contribution in [3.05, 3.63) is 59.7 Å². The largest absolute Gasteiger partial charge is 0.492 e. The second-order valence-corrected chi connectivity index (χ2v) is 4.58. The Bertz CT molecular complexity index is 647. The molecule has 0 bridgehead atoms. The average molecular weight is 283 g/mol. The first-order valence-electron chi connectivity index (χ1n) is 6.76. The van der Waals surface area contributed by atoms with Crippen LogP contribution in [-0.2, 0) is 4.79 Å². The van der Waals surface area contributed by atoms with Gasteiger partial charge in [-0.1, -0.05) is 42.0 Å². The van der Waals surface area contributed by atoms with Crippen molar-refractivity contribution in [1.29, 1.82) is 0 Å². The van der Waals surface area contributed by atoms with Crippen LogP contribution in [0.2, 0.25) is 0 Å². The van der Waals surface area contributed by atoms with Crippen LogP contribution in [0.25, 0.3) is 0 Å². The van der Waals surface area contributed by atoms with E-state index in [1.807, 2.05) is 19.9 Å². The van der Waals surface area contributed by atoms with Crippen LogP contribution >= 0.6 is 0 Å². The van der Waals surface area contributed by atoms with E-state index < -0.39 is 11.7 Å². The van der Waals surface area contributed by atoms with Crippen LogP contribution in [0.4, 0.5) is 5.69 Å². The van der Waals surface area contributed by atoms with Gasteiger partial charge in [-0.15, -0.1) is 0 Å². The summed E-state index contributed by atoms with van der Waals surface area (Å²) in [4.78, 5) is 24.1. The molecule has 2 aromatic carbocycles. The number of nitrogens with one attached hydrogen (secondary N) is 1. The molecule has 0 unspecified atom stereocenters. The van der Waals surface area contributed by atoms with Gasteiger partial charge in [0, 0.05) is 5.56 Å². The number of benzene rings is 2. The number of hydrogen-bond acceptors (Lipinski definition) is 3. The minimum atomic E-state index is -0.675. The predicted molar refractivity (Wildman–Crippen MR) is 81.8 cm³/mol. The fourth-order valence-electron chi connectivity index (χ4n) is 1.87. The molecule has 0 radical (unpaired) electrons. The predicted octanol–water partition coefficient (Wildman–Crippen LogP) is 3.22. The minimum absolute atomic E-state index is 0.368. The quantitative estimate of drug-likeness (QED) is 0.677. The number of hydrogen-bond donors (Lipinski definition) is 1. The molecule has 4 heteroatoms. The van der Waals surface area contributed by atoms with Gasteiger partial charge in [0.25, 0.3) is 11.7 Å². The molecule has 1 amide bonds. The van der Waals surface area contributed by atoms with Crippen LogP contribution in [0.1, 0.15) is 22.8 Å². The number of para-hydroxylation sites is 2. The van der Waals surface area contributed by atoms with E-state index >= 15 is 0 Å². The summed E-state index contributed by atoms with van der Waals surface area (Å²) >= 11 is 0. The summed E-state index contributed by atoms with van der Waals surface area (Å²) in [6, 6.07) is 13.9. The molecule has 0 atom stereocenters. The fourth-order valence-corrected chi connectivity index (χ4v) is 1.87. The lowest BCUT2D eigenvalue weighted by molar-refractivity contribution is -0.112. The number of ether oxygens (including phenoxy) is 1. The van der Waals surface area contributed by atoms with Crippen LogP contribution in [0.3, 0.4) is 0 Å². The lowest BCUT2D eigenvalue weighted by Gasteiger charge is -2.10. The zero-order valence-electron chi connectivity index (χ0n) is 12.1. The molecule has 0 saturated heterocycles. The van der Waals surface area contributed by atoms with Gasteiger partial charge in [0.1, 0.15) is 5.75 Å². The molecule has 0 aromatic heterocycles. The summed E-state index contributed by atoms with van der Waals surface area (Å²) in [6.45, 7) is 4.27. The Labute approximate surface area is 123 Å². The zero-order valence-corrected chi connectivity index (χ0v) is 12.1. The van der Waals surface area contributed by atoms with Crippen molar-refractivity contribution in [2.75, 3.05) is 11.9 Å². The Morgan fingerprint density at radius 1 is 1.05 bits per heavy atom. The third-order valence-corrected chi connectivity index (χ3v) is 2.96. The molecule has 1 N–H and O–H groups in total. The van der Waals surface area contributed by atoms with E-state index in [2.05, 4.69) is 5.32 Å². The summed E-state index contributed by atoms with van der Waals surface area (Å²) in [5, 5.41) is 2.59. The highest BCUT2D eigenvalue weighted by molar-refractivity contribution is 6.46. The highest BCUT2D eigenvalue weighted by Gasteiger charge is 2.17. The third-order valence-electron chi connectivity index (χ3n) is 2.96. The Morgan fingerprint density at radius 2 is 1.71 bits per heavy atom. The van der Waals surface area contributed by atoms with Crippen LogP contribution < -0.4 is 10.1 Å². The lowest BCUT2D eigenvalue weighted by Crippen LogP contribution is -2.23. The van der Waals surface area contributed by atoms with Crippen molar-refractivity contribution in [3.63, 3.8) is 0 Å². The number of ketones is 1. The summed E-state index contributed by atoms with van der Waals surface area (Å²) in [5.74, 6) is -0.697. The summed E-state index contributed by atoms with van der Waals surface area (Å²) < 4.78 is 5.41. The van der Waals surface area contributed by atoms with Gasteiger partial charge in [-0.3, -0.25) is 9.59 Å². The molecule has 0 heterocycles. The summed E-state index contributed by atoms with van der Waals surface area (Å²) in [7, 11) is 0. The monoisotopic (exact) mass is 283 g/mol. The number of carbonyl (C=O) groups is 2. The van der Waals surface area contributed by atoms with Crippen LogP contribution in [-0.4, -0.2) is 18.3 Å². The average Bonchev–Trinajstić information content (AvgIpc) is 2.49. The van der Waals surface area contributed by atoms with Crippen LogP contribution in [0.5, 0.6) is 5.75 Å². The van der Waals surface area contributed by atoms with Crippen molar-refractivity contribution < 1.29 is 14.3 Å². The number of rotatable bonds is 5. The molecular weight excluding hydrogens is 266 g/mol. The molecule has 108 valence electrons. The van der Waals surface area contributed by atoms with Crippen molar-refractivity contribution in [1.82, 2.24) is 0 Å². The van der Waals surface area contributed by atoms with Crippen LogP contribution in [0, 0.1) is 6.92 Å². The Balaban J connectivity index is 2.14. The Morgan fingerprint density at radius 3 is 2.38 bits per heavy atom. The molecule has 0 aliphatic rings. The van der Waals surface area contributed by atoms with Gasteiger partial charge in [0.2, 0.25) is 0 Å². The molecular formula is C17H17NO3. The van der Waals surface area contributed by atoms with Gasteiger partial charge in [-0.05, 0) is 26.0 Å². The fraction of sp³-hybridized carbons (Fsp3) is 0.176. The normalized spacial score (nSPS) is 10.0. The number of Topliss-reactive ketones (excluding diaryl/α,β-unsaturated/α-hetero) is 1. The standard InChI is InChI=1S/C17H17NO3/c1-3-21-15-7-5-4-6-14(15)18-17(20)16(19)13-10-8-12(2)9-11-13/h4-11H,3H2,1-2H3,(H,18,20). The molecule has 4 nitrogen and oxygen atoms in total. The number of carbonyl (C=O) groups excluding carboxylic acids is 2. The number of amides is 1. The molecule has 0 saturated carbocycles. The Kier molecular flexibility index (Phi) is 4.72. The van der Waals surface area contributed by atoms with Gasteiger partial charge >= 0.3 is 0 Å². The van der Waals surface area contributed by atoms with Gasteiger partial charge in [-0.2, -0.15) is 0 Å². The Hall–Kier alpha value is -2.62. The molecule has 2 rings (SSSR count). The third kappa shape index (κ3) is 3.69. The van der Waals surface area contributed by atoms with Crippen molar-refractivity contribution in [2.24, 2.45) is 0 Å². The van der Waals surface area contributed by atoms with Gasteiger partial charge in [0.05, 0.1) is 12.3 Å². The second kappa shape index (κ2) is 6.70. The van der Waals surface area contributed by atoms with E-state index in [1.165, 1.54) is 0 Å². The molecule has 21 heavy (non-hydrogen) atoms. The smallest absolute Gasteiger partial charge is 0.296 e. The van der Waals surface area contributed by atoms with E-state index in [1.54, 1.807) is 42.5 Å². The van der Waals surface area contributed by atoms with Crippen LogP contribution in [0.15, 0.2) is 48.5 Å². The maximum atomic E-state index is 12.1. The SMILES string of the molecule is CCOc1ccccc1NC(=O)C(=O)c1ccc(C)cc1. The summed E-state index contributed by atoms with van der Waals surface area (Å²) in [6.07, 6.45) is 0. The molecule has 2 aromatic rings. The first kappa shape index (κ1) is 14.8. The summed E-state index contributed by atoms with van der Waals surface area (Å²) in [5.41, 5.74) is 1.89. The second-order valence-electron chi connectivity index (χ2n) is 4.58. The van der Waals surface area contributed by atoms with E-state index in [-0.39, 0.29) is 0 Å². The minimum Gasteiger partial charge on any atom is -0.492 e. The van der Waals surface area contributed by atoms with Gasteiger partial charge in [0.15, 0.2) is 0 Å². The van der Waals surface area contributed by atoms with E-state index in [0.717, 1.165) is 5.56 Å². The first-order valence-corrected chi connectivity index (χ1v) is 6.76. The highest BCUT2D eigenvalue weighted by Crippen LogP contribution is 2.23. The van der Waals surface area contributed by atoms with Gasteiger partial charge < -0.3 is 10.1 Å². The molecule has 0 fully saturated rings. The molecule has 0 spiro atoms. The maximum Gasteiger partial charge on any atom is 0.296 e. The lowest BCUT2D eigenvalue weighted by atomic mass is 10.1. The molecule has 0 aliphatic carbocycles. The first-order chi connectivity index (χ1) is 10.1. The van der Waals surface area contributed by atoms with Crippen molar-refractivity contribution in [3.8, 4) is 5.75 Å². The van der Waals surface area contributed by atoms with Crippen molar-refractivity contribution in [2.45, 2.75) is 13.8 Å². The zero-order chi connectivity index (χ0) is 15.2. The highest BCUT2D eigenvalue weighted by atomic mass is 16.5. The van der Waals surface area contributed by atoms with E-state index in [9.17, 15) is 9.59 Å². The number of anilines is 1. The van der Waals surface area contributed by atoms with Gasteiger partial charge in [-0.25, -0.2) is 0 Å². The van der Waals surface area contributed by atoms with E-state index in [4.69, 9.17) is 4.74 Å². The molecule has 0 aliphatic heterocycles. The number of aryl methyl sites for hydroxylation is 1. The van der Waals surface area contributed by atoms with Crippen molar-refractivity contribution >= 4 is 17.4 Å².